The van der Waals surface area contributed by atoms with Crippen molar-refractivity contribution in [1.82, 2.24) is 10.2 Å². The van der Waals surface area contributed by atoms with Crippen LogP contribution in [0, 0.1) is 0 Å². The van der Waals surface area contributed by atoms with Crippen molar-refractivity contribution in [3.8, 4) is 0 Å². The third kappa shape index (κ3) is 2.88. The molecule has 1 atom stereocenters. The zero-order chi connectivity index (χ0) is 17.4. The molecular formula is C19H21N3O3. The molecule has 6 heteroatoms. The summed E-state index contributed by atoms with van der Waals surface area (Å²) in [6.45, 7) is 3.85. The number of para-hydroxylation sites is 1. The van der Waals surface area contributed by atoms with Gasteiger partial charge in [-0.25, -0.2) is 0 Å². The maximum absolute atomic E-state index is 12.8. The molecule has 1 saturated heterocycles. The van der Waals surface area contributed by atoms with Gasteiger partial charge in [-0.3, -0.25) is 9.59 Å². The summed E-state index contributed by atoms with van der Waals surface area (Å²) in [5.74, 6) is 0.394. The van der Waals surface area contributed by atoms with Crippen LogP contribution in [0.2, 0.25) is 0 Å². The maximum Gasteiger partial charge on any atom is 0.258 e. The van der Waals surface area contributed by atoms with Crippen molar-refractivity contribution in [3.63, 3.8) is 0 Å². The molecule has 6 nitrogen and oxygen atoms in total. The molecule has 1 N–H and O–H groups in total. The predicted octanol–water partition coefficient (Wildman–Crippen LogP) is 1.80. The van der Waals surface area contributed by atoms with Crippen LogP contribution < -0.4 is 10.2 Å². The smallest absolute Gasteiger partial charge is 0.258 e. The van der Waals surface area contributed by atoms with Crippen LogP contribution in [0.25, 0.3) is 0 Å². The molecule has 2 amide bonds. The molecule has 0 aliphatic carbocycles. The second-order valence-electron chi connectivity index (χ2n) is 6.64. The summed E-state index contributed by atoms with van der Waals surface area (Å²) in [5, 5.41) is 2.74. The summed E-state index contributed by atoms with van der Waals surface area (Å²) >= 11 is 0. The van der Waals surface area contributed by atoms with Crippen LogP contribution in [-0.2, 0) is 17.8 Å². The Hall–Kier alpha value is -2.76. The van der Waals surface area contributed by atoms with Crippen LogP contribution in [0.5, 0.6) is 0 Å². The van der Waals surface area contributed by atoms with Gasteiger partial charge in [0.15, 0.2) is 0 Å². The number of benzene rings is 1. The Morgan fingerprint density at radius 2 is 2.16 bits per heavy atom. The number of hydrogen-bond acceptors (Lipinski definition) is 4. The molecule has 25 heavy (non-hydrogen) atoms. The van der Waals surface area contributed by atoms with Crippen LogP contribution in [0.4, 0.5) is 5.69 Å². The van der Waals surface area contributed by atoms with Crippen molar-refractivity contribution in [3.05, 3.63) is 53.5 Å². The van der Waals surface area contributed by atoms with Crippen molar-refractivity contribution in [2.75, 3.05) is 24.5 Å². The summed E-state index contributed by atoms with van der Waals surface area (Å²) < 4.78 is 5.64. The van der Waals surface area contributed by atoms with E-state index in [9.17, 15) is 9.59 Å². The summed E-state index contributed by atoms with van der Waals surface area (Å²) in [7, 11) is 0. The molecule has 4 rings (SSSR count). The Morgan fingerprint density at radius 1 is 1.32 bits per heavy atom. The highest BCUT2D eigenvalue weighted by molar-refractivity contribution is 5.97. The van der Waals surface area contributed by atoms with Gasteiger partial charge in [0.1, 0.15) is 5.76 Å². The largest absolute Gasteiger partial charge is 0.467 e. The van der Waals surface area contributed by atoms with E-state index < -0.39 is 0 Å². The molecule has 0 radical (unpaired) electrons. The minimum Gasteiger partial charge on any atom is -0.467 e. The number of nitrogens with one attached hydrogen (secondary N) is 1. The van der Waals surface area contributed by atoms with E-state index in [1.165, 1.54) is 11.3 Å². The van der Waals surface area contributed by atoms with Crippen LogP contribution in [0.15, 0.2) is 41.0 Å². The average molecular weight is 339 g/mol. The SMILES string of the molecule is C[C@H]1Cc2ccccc2N1Cc1occc1C(=O)N1CCNC(=O)C1. The lowest BCUT2D eigenvalue weighted by molar-refractivity contribution is -0.123. The summed E-state index contributed by atoms with van der Waals surface area (Å²) in [6, 6.07) is 10.4. The van der Waals surface area contributed by atoms with Gasteiger partial charge in [0.05, 0.1) is 24.9 Å². The van der Waals surface area contributed by atoms with Gasteiger partial charge in [-0.05, 0) is 31.0 Å². The second kappa shape index (κ2) is 6.27. The van der Waals surface area contributed by atoms with E-state index in [1.807, 2.05) is 6.07 Å². The average Bonchev–Trinajstić information content (AvgIpc) is 3.19. The van der Waals surface area contributed by atoms with Crippen molar-refractivity contribution < 1.29 is 14.0 Å². The number of hydrogen-bond donors (Lipinski definition) is 1. The predicted molar refractivity (Wildman–Crippen MR) is 93.4 cm³/mol. The Labute approximate surface area is 146 Å². The number of piperazine rings is 1. The summed E-state index contributed by atoms with van der Waals surface area (Å²) in [4.78, 5) is 28.2. The molecule has 130 valence electrons. The fourth-order valence-corrected chi connectivity index (χ4v) is 3.66. The van der Waals surface area contributed by atoms with Crippen LogP contribution >= 0.6 is 0 Å². The number of carbonyl (C=O) groups is 2. The van der Waals surface area contributed by atoms with Gasteiger partial charge in [0.2, 0.25) is 5.91 Å². The maximum atomic E-state index is 12.8. The highest BCUT2D eigenvalue weighted by atomic mass is 16.3. The molecule has 2 aliphatic heterocycles. The van der Waals surface area contributed by atoms with E-state index in [2.05, 4.69) is 35.3 Å². The van der Waals surface area contributed by atoms with E-state index in [4.69, 9.17) is 4.42 Å². The van der Waals surface area contributed by atoms with E-state index in [-0.39, 0.29) is 18.4 Å². The molecule has 0 unspecified atom stereocenters. The van der Waals surface area contributed by atoms with Crippen LogP contribution in [0.3, 0.4) is 0 Å². The first-order valence-electron chi connectivity index (χ1n) is 8.60. The minimum absolute atomic E-state index is 0.104. The van der Waals surface area contributed by atoms with E-state index in [0.29, 0.717) is 37.0 Å². The van der Waals surface area contributed by atoms with Gasteiger partial charge in [0.25, 0.3) is 5.91 Å². The van der Waals surface area contributed by atoms with Crippen molar-refractivity contribution in [2.45, 2.75) is 25.9 Å². The highest BCUT2D eigenvalue weighted by Gasteiger charge is 2.30. The zero-order valence-corrected chi connectivity index (χ0v) is 14.2. The number of carbonyl (C=O) groups excluding carboxylic acids is 2. The van der Waals surface area contributed by atoms with E-state index in [1.54, 1.807) is 17.2 Å². The van der Waals surface area contributed by atoms with Crippen molar-refractivity contribution in [2.24, 2.45) is 0 Å². The van der Waals surface area contributed by atoms with Crippen LogP contribution in [-0.4, -0.2) is 42.4 Å². The molecule has 0 saturated carbocycles. The first-order chi connectivity index (χ1) is 12.1. The number of fused-ring (bicyclic) bond motifs is 1. The number of rotatable bonds is 3. The normalized spacial score (nSPS) is 19.7. The highest BCUT2D eigenvalue weighted by Crippen LogP contribution is 2.33. The number of amides is 2. The van der Waals surface area contributed by atoms with Crippen LogP contribution in [0.1, 0.15) is 28.6 Å². The Balaban J connectivity index is 1.56. The fraction of sp³-hybridized carbons (Fsp3) is 0.368. The Kier molecular flexibility index (Phi) is 3.95. The molecule has 2 aromatic rings. The van der Waals surface area contributed by atoms with E-state index >= 15 is 0 Å². The molecular weight excluding hydrogens is 318 g/mol. The van der Waals surface area contributed by atoms with Crippen molar-refractivity contribution >= 4 is 17.5 Å². The van der Waals surface area contributed by atoms with Gasteiger partial charge in [0, 0.05) is 24.8 Å². The van der Waals surface area contributed by atoms with Gasteiger partial charge in [-0.1, -0.05) is 18.2 Å². The molecule has 0 bridgehead atoms. The van der Waals surface area contributed by atoms with Gasteiger partial charge in [-0.2, -0.15) is 0 Å². The van der Waals surface area contributed by atoms with Gasteiger partial charge < -0.3 is 19.5 Å². The first kappa shape index (κ1) is 15.7. The second-order valence-corrected chi connectivity index (χ2v) is 6.64. The third-order valence-corrected chi connectivity index (χ3v) is 4.96. The lowest BCUT2D eigenvalue weighted by Gasteiger charge is -2.27. The molecule has 1 aromatic carbocycles. The quantitative estimate of drug-likeness (QED) is 0.926. The topological polar surface area (TPSA) is 65.8 Å². The minimum atomic E-state index is -0.140. The lowest BCUT2D eigenvalue weighted by atomic mass is 10.1. The van der Waals surface area contributed by atoms with E-state index in [0.717, 1.165) is 6.42 Å². The standard InChI is InChI=1S/C19H21N3O3/c1-13-10-14-4-2-3-5-16(14)22(13)11-17-15(6-9-25-17)19(24)21-8-7-20-18(23)12-21/h2-6,9,13H,7-8,10-12H2,1H3,(H,20,23)/t13-/m0/s1. The number of nitrogens with zero attached hydrogens (tertiary/aromatic N) is 2. The Morgan fingerprint density at radius 3 is 3.00 bits per heavy atom. The molecule has 3 heterocycles. The molecule has 1 fully saturated rings. The number of anilines is 1. The van der Waals surface area contributed by atoms with Crippen molar-refractivity contribution in [1.29, 1.82) is 0 Å². The summed E-state index contributed by atoms with van der Waals surface area (Å²) in [6.07, 6.45) is 2.55. The molecule has 2 aliphatic rings. The third-order valence-electron chi connectivity index (χ3n) is 4.96. The summed E-state index contributed by atoms with van der Waals surface area (Å²) in [5.41, 5.74) is 3.07. The molecule has 0 spiro atoms. The molecule has 1 aromatic heterocycles. The zero-order valence-electron chi connectivity index (χ0n) is 14.2. The fourth-order valence-electron chi connectivity index (χ4n) is 3.66. The number of furan rings is 1. The van der Waals surface area contributed by atoms with Gasteiger partial charge >= 0.3 is 0 Å². The Bertz CT molecular complexity index is 814. The first-order valence-corrected chi connectivity index (χ1v) is 8.60. The monoisotopic (exact) mass is 339 g/mol. The lowest BCUT2D eigenvalue weighted by Crippen LogP contribution is -2.50. The van der Waals surface area contributed by atoms with Gasteiger partial charge in [-0.15, -0.1) is 0 Å².